The minimum Gasteiger partial charge on any atom is -0.494 e. The van der Waals surface area contributed by atoms with Crippen LogP contribution in [0.1, 0.15) is 0 Å². The van der Waals surface area contributed by atoms with Gasteiger partial charge in [-0.25, -0.2) is 4.39 Å². The van der Waals surface area contributed by atoms with E-state index >= 15 is 0 Å². The Labute approximate surface area is 141 Å². The molecule has 0 amide bonds. The molecule has 0 saturated carbocycles. The maximum atomic E-state index is 14.0. The van der Waals surface area contributed by atoms with Crippen LogP contribution in [0.25, 0.3) is 10.9 Å². The lowest BCUT2D eigenvalue weighted by atomic mass is 10.1. The maximum Gasteiger partial charge on any atom is 0.273 e. The zero-order valence-electron chi connectivity index (χ0n) is 12.4. The van der Waals surface area contributed by atoms with Gasteiger partial charge in [-0.3, -0.25) is 15.1 Å². The Morgan fingerprint density at radius 3 is 2.71 bits per heavy atom. The van der Waals surface area contributed by atoms with E-state index in [4.69, 9.17) is 16.3 Å². The molecule has 0 fully saturated rings. The Balaban J connectivity index is 2.17. The number of nitro benzene ring substituents is 1. The summed E-state index contributed by atoms with van der Waals surface area (Å²) < 4.78 is 19.2. The molecule has 0 spiro atoms. The summed E-state index contributed by atoms with van der Waals surface area (Å²) in [5.74, 6) is -0.274. The van der Waals surface area contributed by atoms with Crippen molar-refractivity contribution in [3.05, 3.63) is 63.5 Å². The summed E-state index contributed by atoms with van der Waals surface area (Å²) in [5.41, 5.74) is 0.940. The zero-order chi connectivity index (χ0) is 17.3. The van der Waals surface area contributed by atoms with Gasteiger partial charge in [-0.1, -0.05) is 11.6 Å². The third-order valence-electron chi connectivity index (χ3n) is 3.43. The van der Waals surface area contributed by atoms with Crippen LogP contribution in [0.4, 0.5) is 21.5 Å². The smallest absolute Gasteiger partial charge is 0.273 e. The Morgan fingerprint density at radius 2 is 2.04 bits per heavy atom. The van der Waals surface area contributed by atoms with Crippen LogP contribution >= 0.6 is 11.6 Å². The van der Waals surface area contributed by atoms with Crippen LogP contribution in [0.5, 0.6) is 5.75 Å². The molecule has 0 atom stereocenters. The standard InChI is InChI=1S/C16H11ClFN3O3/c1-24-15-8-10(21(22)23)7-11-13(4-5-19-16(11)15)20-14-3-2-9(17)6-12(14)18/h2-8H,1H3,(H,19,20). The SMILES string of the molecule is COc1cc([N+](=O)[O-])cc2c(Nc3ccc(Cl)cc3F)ccnc12. The summed E-state index contributed by atoms with van der Waals surface area (Å²) in [5, 5.41) is 14.7. The predicted octanol–water partition coefficient (Wildman–Crippen LogP) is 4.69. The quantitative estimate of drug-likeness (QED) is 0.547. The fourth-order valence-electron chi connectivity index (χ4n) is 2.31. The second-order valence-electron chi connectivity index (χ2n) is 4.91. The molecule has 3 rings (SSSR count). The lowest BCUT2D eigenvalue weighted by Crippen LogP contribution is -1.98. The van der Waals surface area contributed by atoms with Gasteiger partial charge >= 0.3 is 0 Å². The van der Waals surface area contributed by atoms with Gasteiger partial charge in [0.15, 0.2) is 5.75 Å². The van der Waals surface area contributed by atoms with Crippen molar-refractivity contribution in [3.8, 4) is 5.75 Å². The van der Waals surface area contributed by atoms with Crippen LogP contribution in [-0.2, 0) is 0 Å². The van der Waals surface area contributed by atoms with Crippen LogP contribution in [-0.4, -0.2) is 17.0 Å². The first-order valence-corrected chi connectivity index (χ1v) is 7.20. The van der Waals surface area contributed by atoms with E-state index in [-0.39, 0.29) is 22.1 Å². The number of anilines is 2. The molecule has 1 heterocycles. The van der Waals surface area contributed by atoms with Crippen LogP contribution in [0, 0.1) is 15.9 Å². The number of methoxy groups -OCH3 is 1. The fraction of sp³-hybridized carbons (Fsp3) is 0.0625. The summed E-state index contributed by atoms with van der Waals surface area (Å²) in [4.78, 5) is 14.8. The van der Waals surface area contributed by atoms with E-state index in [0.717, 1.165) is 0 Å². The molecule has 0 aliphatic rings. The van der Waals surface area contributed by atoms with Crippen molar-refractivity contribution >= 4 is 39.6 Å². The topological polar surface area (TPSA) is 77.3 Å². The molecule has 0 radical (unpaired) electrons. The molecular formula is C16H11ClFN3O3. The number of benzene rings is 2. The molecule has 6 nitrogen and oxygen atoms in total. The van der Waals surface area contributed by atoms with E-state index in [0.29, 0.717) is 16.6 Å². The molecule has 122 valence electrons. The number of nitrogens with zero attached hydrogens (tertiary/aromatic N) is 2. The van der Waals surface area contributed by atoms with Crippen molar-refractivity contribution in [1.82, 2.24) is 4.98 Å². The van der Waals surface area contributed by atoms with E-state index < -0.39 is 10.7 Å². The summed E-state index contributed by atoms with van der Waals surface area (Å²) in [7, 11) is 1.40. The Kier molecular flexibility index (Phi) is 4.18. The maximum absolute atomic E-state index is 14.0. The zero-order valence-corrected chi connectivity index (χ0v) is 13.2. The number of aromatic nitrogens is 1. The molecule has 2 aromatic carbocycles. The van der Waals surface area contributed by atoms with Crippen LogP contribution in [0.2, 0.25) is 5.02 Å². The van der Waals surface area contributed by atoms with Gasteiger partial charge in [0.25, 0.3) is 5.69 Å². The number of hydrogen-bond donors (Lipinski definition) is 1. The van der Waals surface area contributed by atoms with Crippen molar-refractivity contribution < 1.29 is 14.1 Å². The van der Waals surface area contributed by atoms with Gasteiger partial charge in [0.1, 0.15) is 11.3 Å². The van der Waals surface area contributed by atoms with E-state index in [2.05, 4.69) is 10.3 Å². The van der Waals surface area contributed by atoms with E-state index in [1.807, 2.05) is 0 Å². The first kappa shape index (κ1) is 15.9. The molecule has 0 bridgehead atoms. The number of nitrogens with one attached hydrogen (secondary N) is 1. The number of non-ortho nitro benzene ring substituents is 1. The summed E-state index contributed by atoms with van der Waals surface area (Å²) in [6.45, 7) is 0. The Bertz CT molecular complexity index is 949. The first-order chi connectivity index (χ1) is 11.5. The highest BCUT2D eigenvalue weighted by Gasteiger charge is 2.16. The number of fused-ring (bicyclic) bond motifs is 1. The normalized spacial score (nSPS) is 10.6. The van der Waals surface area contributed by atoms with Crippen LogP contribution in [0.3, 0.4) is 0 Å². The third kappa shape index (κ3) is 2.93. The number of rotatable bonds is 4. The lowest BCUT2D eigenvalue weighted by molar-refractivity contribution is -0.384. The van der Waals surface area contributed by atoms with E-state index in [1.165, 1.54) is 37.6 Å². The van der Waals surface area contributed by atoms with E-state index in [1.54, 1.807) is 12.1 Å². The molecule has 8 heteroatoms. The van der Waals surface area contributed by atoms with Crippen molar-refractivity contribution in [1.29, 1.82) is 0 Å². The van der Waals surface area contributed by atoms with Gasteiger partial charge in [0.05, 0.1) is 23.8 Å². The molecule has 0 saturated heterocycles. The van der Waals surface area contributed by atoms with Gasteiger partial charge < -0.3 is 10.1 Å². The minimum absolute atomic E-state index is 0.146. The molecule has 0 unspecified atom stereocenters. The van der Waals surface area contributed by atoms with Gasteiger partial charge in [-0.2, -0.15) is 0 Å². The average molecular weight is 348 g/mol. The molecule has 1 N–H and O–H groups in total. The predicted molar refractivity (Wildman–Crippen MR) is 89.6 cm³/mol. The van der Waals surface area contributed by atoms with Crippen molar-refractivity contribution in [2.24, 2.45) is 0 Å². The van der Waals surface area contributed by atoms with Gasteiger partial charge in [0, 0.05) is 28.4 Å². The summed E-state index contributed by atoms with van der Waals surface area (Å²) in [6.07, 6.45) is 1.51. The Hall–Kier alpha value is -2.93. The molecule has 1 aromatic heterocycles. The number of halogens is 2. The molecule has 3 aromatic rings. The largest absolute Gasteiger partial charge is 0.494 e. The van der Waals surface area contributed by atoms with Gasteiger partial charge in [0.2, 0.25) is 0 Å². The van der Waals surface area contributed by atoms with Crippen molar-refractivity contribution in [2.75, 3.05) is 12.4 Å². The highest BCUT2D eigenvalue weighted by Crippen LogP contribution is 2.35. The van der Waals surface area contributed by atoms with E-state index in [9.17, 15) is 14.5 Å². The molecule has 0 aliphatic heterocycles. The number of ether oxygens (including phenoxy) is 1. The van der Waals surface area contributed by atoms with Crippen molar-refractivity contribution in [3.63, 3.8) is 0 Å². The first-order valence-electron chi connectivity index (χ1n) is 6.83. The summed E-state index contributed by atoms with van der Waals surface area (Å²) in [6, 6.07) is 8.46. The second kappa shape index (κ2) is 6.29. The van der Waals surface area contributed by atoms with Gasteiger partial charge in [-0.05, 0) is 24.3 Å². The number of nitro groups is 1. The fourth-order valence-corrected chi connectivity index (χ4v) is 2.47. The second-order valence-corrected chi connectivity index (χ2v) is 5.35. The lowest BCUT2D eigenvalue weighted by Gasteiger charge is -2.12. The Morgan fingerprint density at radius 1 is 1.25 bits per heavy atom. The third-order valence-corrected chi connectivity index (χ3v) is 3.66. The number of pyridine rings is 1. The highest BCUT2D eigenvalue weighted by molar-refractivity contribution is 6.30. The van der Waals surface area contributed by atoms with Gasteiger partial charge in [-0.15, -0.1) is 0 Å². The highest BCUT2D eigenvalue weighted by atomic mass is 35.5. The molecule has 24 heavy (non-hydrogen) atoms. The van der Waals surface area contributed by atoms with Crippen molar-refractivity contribution in [2.45, 2.75) is 0 Å². The van der Waals surface area contributed by atoms with Crippen LogP contribution < -0.4 is 10.1 Å². The van der Waals surface area contributed by atoms with Crippen LogP contribution in [0.15, 0.2) is 42.6 Å². The molecule has 0 aliphatic carbocycles. The summed E-state index contributed by atoms with van der Waals surface area (Å²) >= 11 is 5.74. The number of hydrogen-bond acceptors (Lipinski definition) is 5. The minimum atomic E-state index is -0.537. The average Bonchev–Trinajstić information content (AvgIpc) is 2.56. The monoisotopic (exact) mass is 347 g/mol. The molecular weight excluding hydrogens is 337 g/mol.